The summed E-state index contributed by atoms with van der Waals surface area (Å²) in [4.78, 5) is 0. The topological polar surface area (TPSA) is 53.7 Å². The fourth-order valence-corrected chi connectivity index (χ4v) is 1.72. The van der Waals surface area contributed by atoms with E-state index in [0.29, 0.717) is 19.8 Å². The van der Waals surface area contributed by atoms with Gasteiger partial charge in [0, 0.05) is 13.2 Å². The predicted molar refractivity (Wildman–Crippen MR) is 71.6 cm³/mol. The quantitative estimate of drug-likeness (QED) is 0.723. The van der Waals surface area contributed by atoms with E-state index in [0.717, 1.165) is 11.3 Å². The Morgan fingerprint density at radius 1 is 1.06 bits per heavy atom. The summed E-state index contributed by atoms with van der Waals surface area (Å²) in [5.41, 5.74) is 7.12. The summed E-state index contributed by atoms with van der Waals surface area (Å²) in [5, 5.41) is 0. The molecule has 1 unspecified atom stereocenters. The molecular weight excluding hydrogens is 230 g/mol. The van der Waals surface area contributed by atoms with Crippen LogP contribution in [0.1, 0.15) is 32.4 Å². The van der Waals surface area contributed by atoms with E-state index >= 15 is 0 Å². The summed E-state index contributed by atoms with van der Waals surface area (Å²) in [5.74, 6) is 0.817. The van der Waals surface area contributed by atoms with Crippen LogP contribution in [0.5, 0.6) is 5.75 Å². The minimum absolute atomic E-state index is 0.315. The van der Waals surface area contributed by atoms with Crippen molar-refractivity contribution in [3.63, 3.8) is 0 Å². The normalized spacial score (nSPS) is 12.7. The van der Waals surface area contributed by atoms with Crippen LogP contribution in [-0.4, -0.2) is 26.1 Å². The molecule has 0 aliphatic carbocycles. The number of hydrogen-bond donors (Lipinski definition) is 1. The van der Waals surface area contributed by atoms with E-state index in [1.807, 2.05) is 45.0 Å². The van der Waals surface area contributed by atoms with Crippen molar-refractivity contribution < 1.29 is 14.2 Å². The summed E-state index contributed by atoms with van der Waals surface area (Å²) in [6, 6.07) is 7.41. The largest absolute Gasteiger partial charge is 0.494 e. The number of rotatable bonds is 8. The van der Waals surface area contributed by atoms with Crippen molar-refractivity contribution in [3.05, 3.63) is 29.8 Å². The number of nitrogens with two attached hydrogens (primary N) is 1. The van der Waals surface area contributed by atoms with Crippen LogP contribution < -0.4 is 10.5 Å². The lowest BCUT2D eigenvalue weighted by molar-refractivity contribution is -0.149. The van der Waals surface area contributed by atoms with Crippen LogP contribution in [0.4, 0.5) is 0 Å². The molecule has 1 atom stereocenters. The molecule has 102 valence electrons. The summed E-state index contributed by atoms with van der Waals surface area (Å²) in [6.07, 6.45) is -0.420. The van der Waals surface area contributed by atoms with E-state index in [4.69, 9.17) is 19.9 Å². The Bertz CT molecular complexity index is 338. The molecule has 0 heterocycles. The zero-order chi connectivity index (χ0) is 13.4. The Hall–Kier alpha value is -1.10. The Kier molecular flexibility index (Phi) is 6.72. The molecule has 0 fully saturated rings. The molecule has 0 spiro atoms. The van der Waals surface area contributed by atoms with Crippen LogP contribution in [0.25, 0.3) is 0 Å². The van der Waals surface area contributed by atoms with Crippen LogP contribution in [0.2, 0.25) is 0 Å². The van der Waals surface area contributed by atoms with E-state index in [1.165, 1.54) is 0 Å². The molecule has 0 aliphatic rings. The van der Waals surface area contributed by atoms with Gasteiger partial charge in [0.15, 0.2) is 6.29 Å². The average molecular weight is 253 g/mol. The van der Waals surface area contributed by atoms with E-state index in [1.54, 1.807) is 0 Å². The van der Waals surface area contributed by atoms with Crippen molar-refractivity contribution in [2.75, 3.05) is 19.8 Å². The minimum Gasteiger partial charge on any atom is -0.494 e. The monoisotopic (exact) mass is 253 g/mol. The molecule has 1 rings (SSSR count). The minimum atomic E-state index is -0.420. The third kappa shape index (κ3) is 4.29. The van der Waals surface area contributed by atoms with Crippen LogP contribution in [-0.2, 0) is 9.47 Å². The van der Waals surface area contributed by atoms with Crippen LogP contribution in [0.3, 0.4) is 0 Å². The van der Waals surface area contributed by atoms with Gasteiger partial charge in [-0.1, -0.05) is 12.1 Å². The molecule has 0 radical (unpaired) electrons. The maximum Gasteiger partial charge on any atom is 0.176 e. The van der Waals surface area contributed by atoms with Gasteiger partial charge in [-0.15, -0.1) is 0 Å². The van der Waals surface area contributed by atoms with Gasteiger partial charge in [0.1, 0.15) is 5.75 Å². The second kappa shape index (κ2) is 8.08. The predicted octanol–water partition coefficient (Wildman–Crippen LogP) is 2.48. The molecule has 18 heavy (non-hydrogen) atoms. The number of benzene rings is 1. The first kappa shape index (κ1) is 15.0. The third-order valence-corrected chi connectivity index (χ3v) is 2.51. The summed E-state index contributed by atoms with van der Waals surface area (Å²) < 4.78 is 16.5. The maximum absolute atomic E-state index is 6.17. The lowest BCUT2D eigenvalue weighted by atomic mass is 10.1. The van der Waals surface area contributed by atoms with Crippen molar-refractivity contribution in [1.29, 1.82) is 0 Å². The van der Waals surface area contributed by atoms with Gasteiger partial charge in [-0.25, -0.2) is 0 Å². The van der Waals surface area contributed by atoms with Crippen molar-refractivity contribution >= 4 is 0 Å². The van der Waals surface area contributed by atoms with Crippen molar-refractivity contribution in [1.82, 2.24) is 0 Å². The van der Waals surface area contributed by atoms with E-state index in [9.17, 15) is 0 Å². The zero-order valence-corrected chi connectivity index (χ0v) is 11.4. The van der Waals surface area contributed by atoms with E-state index in [-0.39, 0.29) is 6.04 Å². The fourth-order valence-electron chi connectivity index (χ4n) is 1.72. The van der Waals surface area contributed by atoms with Crippen molar-refractivity contribution in [2.24, 2.45) is 5.73 Å². The highest BCUT2D eigenvalue weighted by molar-refractivity contribution is 5.30. The summed E-state index contributed by atoms with van der Waals surface area (Å²) >= 11 is 0. The molecule has 0 saturated carbocycles. The Morgan fingerprint density at radius 3 is 2.28 bits per heavy atom. The molecule has 1 aromatic carbocycles. The summed E-state index contributed by atoms with van der Waals surface area (Å²) in [6.45, 7) is 7.59. The van der Waals surface area contributed by atoms with Gasteiger partial charge in [0.05, 0.1) is 12.6 Å². The molecule has 1 aromatic rings. The van der Waals surface area contributed by atoms with Crippen molar-refractivity contribution in [2.45, 2.75) is 33.1 Å². The van der Waals surface area contributed by atoms with Gasteiger partial charge in [-0.05, 0) is 38.5 Å². The van der Waals surface area contributed by atoms with Crippen molar-refractivity contribution in [3.8, 4) is 5.75 Å². The SMILES string of the molecule is CCOc1cccc(C(N)C(OCC)OCC)c1. The lowest BCUT2D eigenvalue weighted by Gasteiger charge is -2.24. The van der Waals surface area contributed by atoms with Crippen LogP contribution in [0.15, 0.2) is 24.3 Å². The molecule has 2 N–H and O–H groups in total. The fraction of sp³-hybridized carbons (Fsp3) is 0.571. The highest BCUT2D eigenvalue weighted by atomic mass is 16.7. The van der Waals surface area contributed by atoms with Gasteiger partial charge < -0.3 is 19.9 Å². The van der Waals surface area contributed by atoms with Gasteiger partial charge in [-0.3, -0.25) is 0 Å². The Morgan fingerprint density at radius 2 is 1.72 bits per heavy atom. The first-order valence-electron chi connectivity index (χ1n) is 6.44. The number of hydrogen-bond acceptors (Lipinski definition) is 4. The standard InChI is InChI=1S/C14H23NO3/c1-4-16-12-9-7-8-11(10-12)13(15)14(17-5-2)18-6-3/h7-10,13-14H,4-6,15H2,1-3H3. The highest BCUT2D eigenvalue weighted by Crippen LogP contribution is 2.22. The van der Waals surface area contributed by atoms with Gasteiger partial charge in [0.2, 0.25) is 0 Å². The molecule has 4 nitrogen and oxygen atoms in total. The summed E-state index contributed by atoms with van der Waals surface area (Å²) in [7, 11) is 0. The third-order valence-electron chi connectivity index (χ3n) is 2.51. The smallest absolute Gasteiger partial charge is 0.176 e. The Balaban J connectivity index is 2.79. The number of ether oxygens (including phenoxy) is 3. The van der Waals surface area contributed by atoms with Crippen LogP contribution in [0, 0.1) is 0 Å². The molecule has 0 amide bonds. The molecular formula is C14H23NO3. The van der Waals surface area contributed by atoms with Gasteiger partial charge in [-0.2, -0.15) is 0 Å². The van der Waals surface area contributed by atoms with E-state index < -0.39 is 6.29 Å². The lowest BCUT2D eigenvalue weighted by Crippen LogP contribution is -2.31. The molecule has 0 saturated heterocycles. The molecule has 0 aliphatic heterocycles. The average Bonchev–Trinajstić information content (AvgIpc) is 2.38. The van der Waals surface area contributed by atoms with E-state index in [2.05, 4.69) is 0 Å². The Labute approximate surface area is 109 Å². The van der Waals surface area contributed by atoms with Crippen LogP contribution >= 0.6 is 0 Å². The molecule has 0 bridgehead atoms. The van der Waals surface area contributed by atoms with Gasteiger partial charge in [0.25, 0.3) is 0 Å². The zero-order valence-electron chi connectivity index (χ0n) is 11.4. The van der Waals surface area contributed by atoms with Gasteiger partial charge >= 0.3 is 0 Å². The first-order valence-corrected chi connectivity index (χ1v) is 6.44. The highest BCUT2D eigenvalue weighted by Gasteiger charge is 2.20. The second-order valence-corrected chi connectivity index (χ2v) is 3.81. The second-order valence-electron chi connectivity index (χ2n) is 3.81. The molecule has 0 aromatic heterocycles. The maximum atomic E-state index is 6.17. The molecule has 4 heteroatoms. The first-order chi connectivity index (χ1) is 8.72.